The maximum atomic E-state index is 12.0. The molecule has 2 rings (SSSR count). The summed E-state index contributed by atoms with van der Waals surface area (Å²) < 4.78 is 1.60. The van der Waals surface area contributed by atoms with E-state index in [1.807, 2.05) is 0 Å². The molecule has 1 aromatic carbocycles. The first-order chi connectivity index (χ1) is 9.41. The summed E-state index contributed by atoms with van der Waals surface area (Å²) in [6, 6.07) is 4.39. The molecule has 1 aromatic heterocycles. The van der Waals surface area contributed by atoms with E-state index in [-0.39, 0.29) is 28.4 Å². The van der Waals surface area contributed by atoms with Gasteiger partial charge >= 0.3 is 0 Å². The lowest BCUT2D eigenvalue weighted by Gasteiger charge is -2.09. The zero-order valence-electron chi connectivity index (χ0n) is 10.3. The summed E-state index contributed by atoms with van der Waals surface area (Å²) in [4.78, 5) is 26.6. The highest BCUT2D eigenvalue weighted by atomic mass is 79.9. The second-order valence-corrected chi connectivity index (χ2v) is 5.27. The van der Waals surface area contributed by atoms with E-state index in [9.17, 15) is 14.9 Å². The van der Waals surface area contributed by atoms with E-state index in [0.29, 0.717) is 10.2 Å². The Balaban J connectivity index is 2.54. The highest BCUT2D eigenvalue weighted by Crippen LogP contribution is 2.26. The number of hydrogen-bond acceptors (Lipinski definition) is 4. The quantitative estimate of drug-likeness (QED) is 0.624. The molecular formula is C12H9BrClN3O3. The molecule has 0 radical (unpaired) electrons. The fraction of sp³-hybridized carbons (Fsp3) is 0.167. The molecule has 0 fully saturated rings. The summed E-state index contributed by atoms with van der Waals surface area (Å²) in [5.74, 6) is 0. The lowest BCUT2D eigenvalue weighted by atomic mass is 10.2. The Bertz CT molecular complexity index is 745. The molecule has 0 N–H and O–H groups in total. The van der Waals surface area contributed by atoms with Crippen LogP contribution in [0.1, 0.15) is 11.3 Å². The van der Waals surface area contributed by atoms with Crippen LogP contribution in [0, 0.1) is 17.0 Å². The van der Waals surface area contributed by atoms with Crippen LogP contribution in [0.3, 0.4) is 0 Å². The zero-order chi connectivity index (χ0) is 14.9. The number of nitro benzene ring substituents is 1. The summed E-state index contributed by atoms with van der Waals surface area (Å²) in [7, 11) is 0. The SMILES string of the molecule is Cc1ncn(Cc2c(Cl)cccc2[N+](=O)[O-])c(=O)c1Br. The minimum Gasteiger partial charge on any atom is -0.293 e. The molecule has 6 nitrogen and oxygen atoms in total. The molecule has 0 aliphatic rings. The van der Waals surface area contributed by atoms with Crippen molar-refractivity contribution < 1.29 is 4.92 Å². The van der Waals surface area contributed by atoms with Gasteiger partial charge in [-0.15, -0.1) is 0 Å². The number of aryl methyl sites for hydroxylation is 1. The van der Waals surface area contributed by atoms with Gasteiger partial charge in [0.1, 0.15) is 4.47 Å². The maximum absolute atomic E-state index is 12.0. The van der Waals surface area contributed by atoms with E-state index in [0.717, 1.165) is 0 Å². The van der Waals surface area contributed by atoms with Gasteiger partial charge in [-0.2, -0.15) is 0 Å². The summed E-state index contributed by atoms with van der Waals surface area (Å²) in [5, 5.41) is 11.2. The van der Waals surface area contributed by atoms with Crippen LogP contribution in [0.5, 0.6) is 0 Å². The smallest absolute Gasteiger partial charge is 0.275 e. The van der Waals surface area contributed by atoms with Gasteiger partial charge in [0.2, 0.25) is 0 Å². The third-order valence-corrected chi connectivity index (χ3v) is 4.04. The van der Waals surface area contributed by atoms with Crippen LogP contribution >= 0.6 is 27.5 Å². The van der Waals surface area contributed by atoms with Crippen molar-refractivity contribution in [1.29, 1.82) is 0 Å². The van der Waals surface area contributed by atoms with Crippen molar-refractivity contribution in [2.75, 3.05) is 0 Å². The molecule has 0 saturated heterocycles. The molecule has 20 heavy (non-hydrogen) atoms. The first-order valence-electron chi connectivity index (χ1n) is 5.55. The Kier molecular flexibility index (Phi) is 4.20. The van der Waals surface area contributed by atoms with Crippen molar-refractivity contribution in [3.8, 4) is 0 Å². The number of benzene rings is 1. The summed E-state index contributed by atoms with van der Waals surface area (Å²) in [6.07, 6.45) is 1.34. The van der Waals surface area contributed by atoms with Crippen LogP contribution in [0.25, 0.3) is 0 Å². The van der Waals surface area contributed by atoms with Crippen LogP contribution in [0.2, 0.25) is 5.02 Å². The van der Waals surface area contributed by atoms with Crippen LogP contribution in [-0.2, 0) is 6.54 Å². The fourth-order valence-electron chi connectivity index (χ4n) is 1.70. The van der Waals surface area contributed by atoms with Gasteiger partial charge in [0.05, 0.1) is 34.1 Å². The fourth-order valence-corrected chi connectivity index (χ4v) is 2.26. The van der Waals surface area contributed by atoms with E-state index in [1.54, 1.807) is 13.0 Å². The van der Waals surface area contributed by atoms with Crippen molar-refractivity contribution in [3.05, 3.63) is 65.7 Å². The van der Waals surface area contributed by atoms with Crippen LogP contribution in [-0.4, -0.2) is 14.5 Å². The Morgan fingerprint density at radius 2 is 2.20 bits per heavy atom. The number of rotatable bonds is 3. The van der Waals surface area contributed by atoms with Gasteiger partial charge < -0.3 is 0 Å². The van der Waals surface area contributed by atoms with Gasteiger partial charge in [-0.25, -0.2) is 4.98 Å². The van der Waals surface area contributed by atoms with Crippen LogP contribution in [0.15, 0.2) is 33.8 Å². The van der Waals surface area contributed by atoms with E-state index < -0.39 is 4.92 Å². The van der Waals surface area contributed by atoms with Gasteiger partial charge in [-0.05, 0) is 28.9 Å². The molecular weight excluding hydrogens is 350 g/mol. The topological polar surface area (TPSA) is 78.0 Å². The molecule has 0 spiro atoms. The third kappa shape index (κ3) is 2.73. The zero-order valence-corrected chi connectivity index (χ0v) is 12.7. The normalized spacial score (nSPS) is 10.6. The van der Waals surface area contributed by atoms with Crippen LogP contribution in [0.4, 0.5) is 5.69 Å². The molecule has 0 unspecified atom stereocenters. The highest BCUT2D eigenvalue weighted by molar-refractivity contribution is 9.10. The predicted octanol–water partition coefficient (Wildman–Crippen LogP) is 2.92. The molecule has 0 saturated carbocycles. The van der Waals surface area contributed by atoms with Crippen molar-refractivity contribution in [3.63, 3.8) is 0 Å². The Morgan fingerprint density at radius 3 is 2.85 bits per heavy atom. The van der Waals surface area contributed by atoms with Crippen molar-refractivity contribution in [2.24, 2.45) is 0 Å². The predicted molar refractivity (Wildman–Crippen MR) is 78.1 cm³/mol. The molecule has 1 heterocycles. The van der Waals surface area contributed by atoms with Crippen molar-refractivity contribution in [2.45, 2.75) is 13.5 Å². The minimum absolute atomic E-state index is 0.0132. The number of aromatic nitrogens is 2. The van der Waals surface area contributed by atoms with Crippen LogP contribution < -0.4 is 5.56 Å². The van der Waals surface area contributed by atoms with Crippen molar-refractivity contribution in [1.82, 2.24) is 9.55 Å². The molecule has 0 aliphatic heterocycles. The lowest BCUT2D eigenvalue weighted by molar-refractivity contribution is -0.385. The van der Waals surface area contributed by atoms with Gasteiger partial charge in [-0.1, -0.05) is 17.7 Å². The molecule has 0 aliphatic carbocycles. The monoisotopic (exact) mass is 357 g/mol. The summed E-state index contributed by atoms with van der Waals surface area (Å²) in [5.41, 5.74) is 0.395. The van der Waals surface area contributed by atoms with Gasteiger partial charge in [0.25, 0.3) is 11.2 Å². The molecule has 2 aromatic rings. The molecule has 0 bridgehead atoms. The second-order valence-electron chi connectivity index (χ2n) is 4.07. The number of hydrogen-bond donors (Lipinski definition) is 0. The van der Waals surface area contributed by atoms with E-state index in [4.69, 9.17) is 11.6 Å². The molecule has 0 atom stereocenters. The Hall–Kier alpha value is -1.73. The highest BCUT2D eigenvalue weighted by Gasteiger charge is 2.18. The maximum Gasteiger partial charge on any atom is 0.275 e. The number of halogens is 2. The molecule has 104 valence electrons. The standard InChI is InChI=1S/C12H9BrClN3O3/c1-7-11(13)12(18)16(6-15-7)5-8-9(14)3-2-4-10(8)17(19)20/h2-4,6H,5H2,1H3. The Labute approximate surface area is 127 Å². The first kappa shape index (κ1) is 14.7. The average Bonchev–Trinajstić information content (AvgIpc) is 2.41. The number of nitro groups is 1. The molecule has 0 amide bonds. The van der Waals surface area contributed by atoms with E-state index in [1.165, 1.54) is 23.0 Å². The second kappa shape index (κ2) is 5.72. The minimum atomic E-state index is -0.525. The van der Waals surface area contributed by atoms with Gasteiger partial charge in [-0.3, -0.25) is 19.5 Å². The number of nitrogens with zero attached hydrogens (tertiary/aromatic N) is 3. The summed E-state index contributed by atoms with van der Waals surface area (Å²) in [6.45, 7) is 1.68. The third-order valence-electron chi connectivity index (χ3n) is 2.78. The van der Waals surface area contributed by atoms with Gasteiger partial charge in [0, 0.05) is 6.07 Å². The average molecular weight is 359 g/mol. The van der Waals surface area contributed by atoms with Crippen molar-refractivity contribution >= 4 is 33.2 Å². The van der Waals surface area contributed by atoms with E-state index in [2.05, 4.69) is 20.9 Å². The Morgan fingerprint density at radius 1 is 1.50 bits per heavy atom. The largest absolute Gasteiger partial charge is 0.293 e. The van der Waals surface area contributed by atoms with Gasteiger partial charge in [0.15, 0.2) is 0 Å². The van der Waals surface area contributed by atoms with E-state index >= 15 is 0 Å². The summed E-state index contributed by atoms with van der Waals surface area (Å²) >= 11 is 9.14. The first-order valence-corrected chi connectivity index (χ1v) is 6.72. The lowest BCUT2D eigenvalue weighted by Crippen LogP contribution is -2.23. The molecule has 8 heteroatoms.